The maximum atomic E-state index is 10.5. The number of rotatable bonds is 4. The molecular weight excluding hydrogens is 232 g/mol. The number of aromatic nitrogens is 1. The normalized spacial score (nSPS) is 23.6. The summed E-state index contributed by atoms with van der Waals surface area (Å²) < 4.78 is 5.82. The van der Waals surface area contributed by atoms with Crippen LogP contribution >= 0.6 is 0 Å². The lowest BCUT2D eigenvalue weighted by molar-refractivity contribution is 0.0115. The predicted molar refractivity (Wildman–Crippen MR) is 66.2 cm³/mol. The van der Waals surface area contributed by atoms with Crippen molar-refractivity contribution in [1.29, 1.82) is 0 Å². The van der Waals surface area contributed by atoms with Gasteiger partial charge >= 0.3 is 6.09 Å². The van der Waals surface area contributed by atoms with Crippen molar-refractivity contribution in [3.05, 3.63) is 30.1 Å². The highest BCUT2D eigenvalue weighted by molar-refractivity contribution is 5.64. The van der Waals surface area contributed by atoms with Crippen molar-refractivity contribution in [1.82, 2.24) is 10.3 Å². The highest BCUT2D eigenvalue weighted by Crippen LogP contribution is 2.22. The summed E-state index contributed by atoms with van der Waals surface area (Å²) in [5.41, 5.74) is 1.12. The Morgan fingerprint density at radius 1 is 1.33 bits per heavy atom. The fraction of sp³-hybridized carbons (Fsp3) is 0.538. The van der Waals surface area contributed by atoms with E-state index < -0.39 is 6.09 Å². The van der Waals surface area contributed by atoms with Gasteiger partial charge in [-0.2, -0.15) is 0 Å². The van der Waals surface area contributed by atoms with Gasteiger partial charge in [0.15, 0.2) is 0 Å². The van der Waals surface area contributed by atoms with Crippen molar-refractivity contribution < 1.29 is 14.6 Å². The smallest absolute Gasteiger partial charge is 0.404 e. The lowest BCUT2D eigenvalue weighted by Crippen LogP contribution is -2.38. The van der Waals surface area contributed by atoms with Crippen LogP contribution in [0.3, 0.4) is 0 Å². The maximum Gasteiger partial charge on any atom is 0.404 e. The van der Waals surface area contributed by atoms with Gasteiger partial charge in [-0.25, -0.2) is 4.79 Å². The molecule has 1 heterocycles. The minimum atomic E-state index is -0.934. The number of nitrogens with one attached hydrogen (secondary N) is 1. The lowest BCUT2D eigenvalue weighted by Gasteiger charge is -2.28. The van der Waals surface area contributed by atoms with E-state index in [4.69, 9.17) is 9.84 Å². The Morgan fingerprint density at radius 2 is 2.00 bits per heavy atom. The molecule has 0 aliphatic heterocycles. The number of hydrogen-bond donors (Lipinski definition) is 2. The number of pyridine rings is 1. The zero-order valence-electron chi connectivity index (χ0n) is 10.2. The Labute approximate surface area is 106 Å². The maximum absolute atomic E-state index is 10.5. The minimum absolute atomic E-state index is 0.0864. The zero-order valence-corrected chi connectivity index (χ0v) is 10.2. The van der Waals surface area contributed by atoms with Gasteiger partial charge in [-0.15, -0.1) is 0 Å². The molecular formula is C13H18N2O3. The van der Waals surface area contributed by atoms with E-state index in [1.807, 2.05) is 12.1 Å². The third-order valence-electron chi connectivity index (χ3n) is 3.24. The molecule has 1 fully saturated rings. The summed E-state index contributed by atoms with van der Waals surface area (Å²) in [5.74, 6) is 0. The largest absolute Gasteiger partial charge is 0.465 e. The minimum Gasteiger partial charge on any atom is -0.465 e. The first-order valence-electron chi connectivity index (χ1n) is 6.24. The lowest BCUT2D eigenvalue weighted by atomic mass is 9.93. The Kier molecular flexibility index (Phi) is 4.52. The van der Waals surface area contributed by atoms with E-state index in [1.165, 1.54) is 0 Å². The van der Waals surface area contributed by atoms with Crippen LogP contribution in [0.15, 0.2) is 24.5 Å². The van der Waals surface area contributed by atoms with Crippen molar-refractivity contribution in [3.63, 3.8) is 0 Å². The van der Waals surface area contributed by atoms with Gasteiger partial charge in [-0.05, 0) is 43.4 Å². The highest BCUT2D eigenvalue weighted by Gasteiger charge is 2.22. The molecule has 0 aromatic carbocycles. The van der Waals surface area contributed by atoms with E-state index >= 15 is 0 Å². The van der Waals surface area contributed by atoms with Crippen molar-refractivity contribution in [3.8, 4) is 0 Å². The van der Waals surface area contributed by atoms with E-state index in [0.717, 1.165) is 31.2 Å². The molecule has 1 saturated carbocycles. The Balaban J connectivity index is 1.69. The van der Waals surface area contributed by atoms with Crippen LogP contribution < -0.4 is 5.32 Å². The Hall–Kier alpha value is -1.62. The van der Waals surface area contributed by atoms with Gasteiger partial charge in [0.1, 0.15) is 0 Å². The van der Waals surface area contributed by atoms with Crippen LogP contribution in [0.25, 0.3) is 0 Å². The van der Waals surface area contributed by atoms with E-state index in [-0.39, 0.29) is 12.1 Å². The first kappa shape index (κ1) is 12.8. The number of carboxylic acid groups (broad SMARTS) is 1. The first-order valence-corrected chi connectivity index (χ1v) is 6.24. The molecule has 0 radical (unpaired) electrons. The summed E-state index contributed by atoms with van der Waals surface area (Å²) in [6, 6.07) is 3.97. The summed E-state index contributed by atoms with van der Waals surface area (Å²) >= 11 is 0. The topological polar surface area (TPSA) is 71.5 Å². The number of carbonyl (C=O) groups is 1. The van der Waals surface area contributed by atoms with Crippen LogP contribution in [0, 0.1) is 0 Å². The molecule has 0 bridgehead atoms. The average Bonchev–Trinajstić information content (AvgIpc) is 2.38. The van der Waals surface area contributed by atoms with Gasteiger partial charge in [-0.3, -0.25) is 4.98 Å². The molecule has 0 spiro atoms. The molecule has 2 rings (SSSR count). The summed E-state index contributed by atoms with van der Waals surface area (Å²) in [5, 5.41) is 11.2. The van der Waals surface area contributed by atoms with Gasteiger partial charge in [0.2, 0.25) is 0 Å². The molecule has 5 heteroatoms. The van der Waals surface area contributed by atoms with Crippen molar-refractivity contribution >= 4 is 6.09 Å². The van der Waals surface area contributed by atoms with Crippen LogP contribution in [0.1, 0.15) is 31.2 Å². The molecule has 18 heavy (non-hydrogen) atoms. The molecule has 0 unspecified atom stereocenters. The van der Waals surface area contributed by atoms with E-state index in [1.54, 1.807) is 12.4 Å². The van der Waals surface area contributed by atoms with Crippen molar-refractivity contribution in [2.45, 2.75) is 44.4 Å². The fourth-order valence-corrected chi connectivity index (χ4v) is 2.24. The fourth-order valence-electron chi connectivity index (χ4n) is 2.24. The highest BCUT2D eigenvalue weighted by atomic mass is 16.5. The molecule has 0 saturated heterocycles. The molecule has 1 amide bonds. The molecule has 98 valence electrons. The number of amides is 1. The van der Waals surface area contributed by atoms with E-state index in [0.29, 0.717) is 6.61 Å². The van der Waals surface area contributed by atoms with Crippen molar-refractivity contribution in [2.75, 3.05) is 0 Å². The monoisotopic (exact) mass is 250 g/mol. The summed E-state index contributed by atoms with van der Waals surface area (Å²) in [6.45, 7) is 0.601. The van der Waals surface area contributed by atoms with Gasteiger partial charge in [0.25, 0.3) is 0 Å². The van der Waals surface area contributed by atoms with Crippen LogP contribution in [-0.4, -0.2) is 28.3 Å². The quantitative estimate of drug-likeness (QED) is 0.859. The second kappa shape index (κ2) is 6.35. The summed E-state index contributed by atoms with van der Waals surface area (Å²) in [7, 11) is 0. The van der Waals surface area contributed by atoms with Gasteiger partial charge < -0.3 is 15.2 Å². The van der Waals surface area contributed by atoms with Crippen LogP contribution in [-0.2, 0) is 11.3 Å². The Morgan fingerprint density at radius 3 is 2.61 bits per heavy atom. The molecule has 2 N–H and O–H groups in total. The third-order valence-corrected chi connectivity index (χ3v) is 3.24. The average molecular weight is 250 g/mol. The van der Waals surface area contributed by atoms with Crippen LogP contribution in [0.5, 0.6) is 0 Å². The SMILES string of the molecule is O=C(O)N[C@H]1CC[C@H](OCc2ccncc2)CC1. The number of nitrogens with zero attached hydrogens (tertiary/aromatic N) is 1. The summed E-state index contributed by atoms with van der Waals surface area (Å²) in [4.78, 5) is 14.5. The van der Waals surface area contributed by atoms with Gasteiger partial charge in [0.05, 0.1) is 12.7 Å². The second-order valence-electron chi connectivity index (χ2n) is 4.59. The van der Waals surface area contributed by atoms with Crippen LogP contribution in [0.4, 0.5) is 4.79 Å². The third kappa shape index (κ3) is 4.00. The van der Waals surface area contributed by atoms with E-state index in [2.05, 4.69) is 10.3 Å². The molecule has 5 nitrogen and oxygen atoms in total. The summed E-state index contributed by atoms with van der Waals surface area (Å²) in [6.07, 6.45) is 6.35. The van der Waals surface area contributed by atoms with Gasteiger partial charge in [-0.1, -0.05) is 0 Å². The van der Waals surface area contributed by atoms with Crippen molar-refractivity contribution in [2.24, 2.45) is 0 Å². The van der Waals surface area contributed by atoms with E-state index in [9.17, 15) is 4.79 Å². The second-order valence-corrected chi connectivity index (χ2v) is 4.59. The number of ether oxygens (including phenoxy) is 1. The standard InChI is InChI=1S/C13H18N2O3/c16-13(17)15-11-1-3-12(4-2-11)18-9-10-5-7-14-8-6-10/h5-8,11-12,15H,1-4,9H2,(H,16,17)/t11-,12-. The molecule has 1 aromatic heterocycles. The van der Waals surface area contributed by atoms with Gasteiger partial charge in [0, 0.05) is 18.4 Å². The number of hydrogen-bond acceptors (Lipinski definition) is 3. The molecule has 0 atom stereocenters. The zero-order chi connectivity index (χ0) is 12.8. The molecule has 1 aliphatic carbocycles. The first-order chi connectivity index (χ1) is 8.74. The molecule has 1 aromatic rings. The predicted octanol–water partition coefficient (Wildman–Crippen LogP) is 2.18. The Bertz CT molecular complexity index is 375. The van der Waals surface area contributed by atoms with Crippen LogP contribution in [0.2, 0.25) is 0 Å². The molecule has 1 aliphatic rings.